The molecule has 0 spiro atoms. The monoisotopic (exact) mass is 369 g/mol. The first-order valence-electron chi connectivity index (χ1n) is 8.45. The molecule has 0 aliphatic rings. The van der Waals surface area contributed by atoms with E-state index in [-0.39, 0.29) is 4.90 Å². The van der Waals surface area contributed by atoms with Crippen molar-refractivity contribution in [1.82, 2.24) is 9.78 Å². The Morgan fingerprint density at radius 2 is 1.54 bits per heavy atom. The van der Waals surface area contributed by atoms with Crippen molar-refractivity contribution in [2.45, 2.75) is 37.6 Å². The molecule has 3 rings (SSSR count). The van der Waals surface area contributed by atoms with Gasteiger partial charge in [-0.05, 0) is 17.7 Å². The van der Waals surface area contributed by atoms with Crippen LogP contribution < -0.4 is 4.72 Å². The van der Waals surface area contributed by atoms with Crippen molar-refractivity contribution in [3.8, 4) is 0 Å². The van der Waals surface area contributed by atoms with Crippen LogP contribution in [0.2, 0.25) is 0 Å². The minimum atomic E-state index is -3.73. The molecule has 0 saturated carbocycles. The molecular formula is C20H23N3O2S. The van der Waals surface area contributed by atoms with Crippen LogP contribution in [0.5, 0.6) is 0 Å². The van der Waals surface area contributed by atoms with Gasteiger partial charge < -0.3 is 0 Å². The molecule has 136 valence electrons. The molecule has 1 N–H and O–H groups in total. The topological polar surface area (TPSA) is 64.0 Å². The molecule has 0 saturated heterocycles. The molecule has 5 nitrogen and oxygen atoms in total. The minimum absolute atomic E-state index is 0.213. The lowest BCUT2D eigenvalue weighted by molar-refractivity contribution is 0.533. The number of benzene rings is 2. The zero-order valence-corrected chi connectivity index (χ0v) is 16.0. The van der Waals surface area contributed by atoms with Crippen LogP contribution in [0.1, 0.15) is 32.0 Å². The average Bonchev–Trinajstić information content (AvgIpc) is 3.01. The van der Waals surface area contributed by atoms with Crippen LogP contribution in [-0.2, 0) is 22.0 Å². The van der Waals surface area contributed by atoms with Gasteiger partial charge in [0.1, 0.15) is 4.90 Å². The van der Waals surface area contributed by atoms with Gasteiger partial charge in [0.05, 0.1) is 12.2 Å². The predicted molar refractivity (Wildman–Crippen MR) is 104 cm³/mol. The molecule has 6 heteroatoms. The zero-order valence-electron chi connectivity index (χ0n) is 15.2. The van der Waals surface area contributed by atoms with Gasteiger partial charge in [0.25, 0.3) is 10.0 Å². The van der Waals surface area contributed by atoms with Gasteiger partial charge in [-0.25, -0.2) is 8.42 Å². The molecule has 2 aromatic carbocycles. The molecule has 1 heterocycles. The second-order valence-electron chi connectivity index (χ2n) is 7.25. The number of nitrogens with zero attached hydrogens (tertiary/aromatic N) is 2. The Kier molecular flexibility index (Phi) is 4.87. The van der Waals surface area contributed by atoms with Crippen molar-refractivity contribution < 1.29 is 8.42 Å². The highest BCUT2D eigenvalue weighted by molar-refractivity contribution is 7.92. The molecule has 0 fully saturated rings. The van der Waals surface area contributed by atoms with Crippen molar-refractivity contribution in [2.75, 3.05) is 4.72 Å². The van der Waals surface area contributed by atoms with Crippen molar-refractivity contribution >= 4 is 15.7 Å². The highest BCUT2D eigenvalue weighted by Crippen LogP contribution is 2.29. The Bertz CT molecular complexity index is 973. The third kappa shape index (κ3) is 4.14. The fourth-order valence-electron chi connectivity index (χ4n) is 2.69. The molecule has 0 atom stereocenters. The number of anilines is 1. The number of para-hydroxylation sites is 1. The van der Waals surface area contributed by atoms with Crippen LogP contribution in [0.15, 0.2) is 71.8 Å². The van der Waals surface area contributed by atoms with E-state index in [1.54, 1.807) is 35.1 Å². The lowest BCUT2D eigenvalue weighted by atomic mass is 9.92. The molecule has 26 heavy (non-hydrogen) atoms. The lowest BCUT2D eigenvalue weighted by Crippen LogP contribution is -2.20. The predicted octanol–water partition coefficient (Wildman–Crippen LogP) is 4.03. The van der Waals surface area contributed by atoms with Gasteiger partial charge in [0, 0.05) is 17.3 Å². The summed E-state index contributed by atoms with van der Waals surface area (Å²) in [5.74, 6) is 0. The van der Waals surface area contributed by atoms with Gasteiger partial charge >= 0.3 is 0 Å². The summed E-state index contributed by atoms with van der Waals surface area (Å²) in [6.07, 6.45) is 1.61. The number of hydrogen-bond donors (Lipinski definition) is 1. The van der Waals surface area contributed by atoms with Gasteiger partial charge in [-0.2, -0.15) is 5.10 Å². The van der Waals surface area contributed by atoms with Gasteiger partial charge in [-0.3, -0.25) is 9.40 Å². The number of aromatic nitrogens is 2. The number of rotatable bonds is 5. The summed E-state index contributed by atoms with van der Waals surface area (Å²) in [5.41, 5.74) is 1.75. The van der Waals surface area contributed by atoms with E-state index in [0.29, 0.717) is 17.9 Å². The van der Waals surface area contributed by atoms with Gasteiger partial charge in [-0.1, -0.05) is 69.3 Å². The lowest BCUT2D eigenvalue weighted by Gasteiger charge is -2.17. The summed E-state index contributed by atoms with van der Waals surface area (Å²) in [5, 5.41) is 4.58. The molecule has 0 unspecified atom stereocenters. The van der Waals surface area contributed by atoms with Gasteiger partial charge in [0.15, 0.2) is 0 Å². The standard InChI is InChI=1S/C20H23N3O2S/c1-20(2,3)19-18(26(24,25)22-17-12-8-5-9-13-17)15-23(21-19)14-16-10-6-4-7-11-16/h4-13,15,22H,14H2,1-3H3. The second-order valence-corrected chi connectivity index (χ2v) is 8.90. The third-order valence-electron chi connectivity index (χ3n) is 3.94. The van der Waals surface area contributed by atoms with Crippen LogP contribution in [0, 0.1) is 0 Å². The van der Waals surface area contributed by atoms with E-state index >= 15 is 0 Å². The summed E-state index contributed by atoms with van der Waals surface area (Å²) in [4.78, 5) is 0.213. The maximum Gasteiger partial charge on any atom is 0.265 e. The Morgan fingerprint density at radius 3 is 2.12 bits per heavy atom. The van der Waals surface area contributed by atoms with Crippen LogP contribution >= 0.6 is 0 Å². The first kappa shape index (κ1) is 18.2. The largest absolute Gasteiger partial charge is 0.280 e. The SMILES string of the molecule is CC(C)(C)c1nn(Cc2ccccc2)cc1S(=O)(=O)Nc1ccccc1. The van der Waals surface area contributed by atoms with E-state index < -0.39 is 15.4 Å². The van der Waals surface area contributed by atoms with Crippen LogP contribution in [0.25, 0.3) is 0 Å². The van der Waals surface area contributed by atoms with Crippen LogP contribution in [0.4, 0.5) is 5.69 Å². The van der Waals surface area contributed by atoms with E-state index in [0.717, 1.165) is 5.56 Å². The van der Waals surface area contributed by atoms with Crippen LogP contribution in [-0.4, -0.2) is 18.2 Å². The number of hydrogen-bond acceptors (Lipinski definition) is 3. The Labute approximate surface area is 154 Å². The second kappa shape index (κ2) is 6.96. The van der Waals surface area contributed by atoms with E-state index in [4.69, 9.17) is 0 Å². The molecule has 0 bridgehead atoms. The van der Waals surface area contributed by atoms with Crippen molar-refractivity contribution in [3.05, 3.63) is 78.1 Å². The van der Waals surface area contributed by atoms with Crippen molar-refractivity contribution in [1.29, 1.82) is 0 Å². The summed E-state index contributed by atoms with van der Waals surface area (Å²) in [6.45, 7) is 6.40. The number of nitrogens with one attached hydrogen (secondary N) is 1. The van der Waals surface area contributed by atoms with Gasteiger partial charge in [-0.15, -0.1) is 0 Å². The van der Waals surface area contributed by atoms with Crippen LogP contribution in [0.3, 0.4) is 0 Å². The first-order chi connectivity index (χ1) is 12.3. The van der Waals surface area contributed by atoms with E-state index in [2.05, 4.69) is 9.82 Å². The Hall–Kier alpha value is -2.60. The van der Waals surface area contributed by atoms with E-state index in [1.165, 1.54) is 0 Å². The molecule has 0 aliphatic heterocycles. The summed E-state index contributed by atoms with van der Waals surface area (Å²) in [6, 6.07) is 18.7. The van der Waals surface area contributed by atoms with E-state index in [1.807, 2.05) is 57.2 Å². The summed E-state index contributed by atoms with van der Waals surface area (Å²) in [7, 11) is -3.73. The quantitative estimate of drug-likeness (QED) is 0.738. The minimum Gasteiger partial charge on any atom is -0.280 e. The molecule has 0 aliphatic carbocycles. The number of sulfonamides is 1. The highest BCUT2D eigenvalue weighted by Gasteiger charge is 2.30. The Balaban J connectivity index is 1.99. The maximum absolute atomic E-state index is 13.0. The Morgan fingerprint density at radius 1 is 0.962 bits per heavy atom. The normalized spacial score (nSPS) is 12.1. The summed E-state index contributed by atoms with van der Waals surface area (Å²) < 4.78 is 30.3. The molecule has 3 aromatic rings. The highest BCUT2D eigenvalue weighted by atomic mass is 32.2. The molecule has 0 amide bonds. The molecular weight excluding hydrogens is 346 g/mol. The average molecular weight is 369 g/mol. The smallest absolute Gasteiger partial charge is 0.265 e. The summed E-state index contributed by atoms with van der Waals surface area (Å²) >= 11 is 0. The first-order valence-corrected chi connectivity index (χ1v) is 9.94. The fourth-order valence-corrected chi connectivity index (χ4v) is 4.11. The van der Waals surface area contributed by atoms with E-state index in [9.17, 15) is 8.42 Å². The zero-order chi connectivity index (χ0) is 18.8. The van der Waals surface area contributed by atoms with Crippen molar-refractivity contribution in [2.24, 2.45) is 0 Å². The van der Waals surface area contributed by atoms with Gasteiger partial charge in [0.2, 0.25) is 0 Å². The fraction of sp³-hybridized carbons (Fsp3) is 0.250. The van der Waals surface area contributed by atoms with Crippen molar-refractivity contribution in [3.63, 3.8) is 0 Å². The third-order valence-corrected chi connectivity index (χ3v) is 5.32. The molecule has 0 radical (unpaired) electrons. The maximum atomic E-state index is 13.0. The molecule has 1 aromatic heterocycles.